The van der Waals surface area contributed by atoms with E-state index in [1.807, 2.05) is 6.20 Å². The van der Waals surface area contributed by atoms with Crippen molar-refractivity contribution in [2.75, 3.05) is 0 Å². The number of aryl methyl sites for hydroxylation is 1. The minimum Gasteiger partial charge on any atom is -0.272 e. The molecule has 0 fully saturated rings. The highest BCUT2D eigenvalue weighted by atomic mass is 15.3. The third kappa shape index (κ3) is 3.17. The first-order chi connectivity index (χ1) is 6.39. The summed E-state index contributed by atoms with van der Waals surface area (Å²) in [6.07, 6.45) is 5.36. The molecule has 0 spiro atoms. The summed E-state index contributed by atoms with van der Waals surface area (Å²) >= 11 is 0. The lowest BCUT2D eigenvalue weighted by atomic mass is 9.90. The summed E-state index contributed by atoms with van der Waals surface area (Å²) < 4.78 is 2.06. The maximum absolute atomic E-state index is 4.37. The first kappa shape index (κ1) is 11.3. The van der Waals surface area contributed by atoms with E-state index in [9.17, 15) is 0 Å². The fraction of sp³-hybridized carbons (Fsp3) is 0.750. The Balaban J connectivity index is 2.60. The van der Waals surface area contributed by atoms with Crippen LogP contribution < -0.4 is 0 Å². The van der Waals surface area contributed by atoms with Crippen molar-refractivity contribution in [1.82, 2.24) is 9.78 Å². The van der Waals surface area contributed by atoms with Crippen molar-refractivity contribution < 1.29 is 0 Å². The van der Waals surface area contributed by atoms with Crippen LogP contribution in [-0.2, 0) is 12.0 Å². The van der Waals surface area contributed by atoms with Crippen molar-refractivity contribution in [3.05, 3.63) is 18.0 Å². The Kier molecular flexibility index (Phi) is 3.35. The molecule has 1 aromatic heterocycles. The van der Waals surface area contributed by atoms with Crippen LogP contribution in [0.25, 0.3) is 0 Å². The second-order valence-electron chi connectivity index (χ2n) is 5.42. The molecule has 80 valence electrons. The fourth-order valence-corrected chi connectivity index (χ4v) is 1.26. The second-order valence-corrected chi connectivity index (χ2v) is 5.42. The molecule has 0 unspecified atom stereocenters. The van der Waals surface area contributed by atoms with Crippen molar-refractivity contribution in [2.45, 2.75) is 53.0 Å². The van der Waals surface area contributed by atoms with E-state index in [1.54, 1.807) is 0 Å². The quantitative estimate of drug-likeness (QED) is 0.722. The number of rotatable bonds is 3. The van der Waals surface area contributed by atoms with E-state index in [1.165, 1.54) is 12.0 Å². The zero-order valence-corrected chi connectivity index (χ0v) is 10.0. The largest absolute Gasteiger partial charge is 0.272 e. The topological polar surface area (TPSA) is 17.8 Å². The Labute approximate surface area is 87.3 Å². The third-order valence-electron chi connectivity index (χ3n) is 2.43. The maximum Gasteiger partial charge on any atom is 0.0527 e. The molecule has 1 heterocycles. The van der Waals surface area contributed by atoms with E-state index < -0.39 is 0 Å². The van der Waals surface area contributed by atoms with Crippen LogP contribution in [0.1, 0.15) is 46.6 Å². The maximum atomic E-state index is 4.37. The average Bonchev–Trinajstić information content (AvgIpc) is 2.47. The van der Waals surface area contributed by atoms with Gasteiger partial charge in [0.15, 0.2) is 0 Å². The Morgan fingerprint density at radius 2 is 2.00 bits per heavy atom. The molecule has 2 heteroatoms. The minimum atomic E-state index is 0.218. The molecule has 0 aliphatic rings. The molecule has 2 nitrogen and oxygen atoms in total. The van der Waals surface area contributed by atoms with Crippen LogP contribution in [0.3, 0.4) is 0 Å². The summed E-state index contributed by atoms with van der Waals surface area (Å²) in [7, 11) is 0. The molecular formula is C12H22N2. The Morgan fingerprint density at radius 3 is 2.43 bits per heavy atom. The van der Waals surface area contributed by atoms with Crippen LogP contribution in [0.4, 0.5) is 0 Å². The number of nitrogens with zero attached hydrogens (tertiary/aromatic N) is 2. The van der Waals surface area contributed by atoms with Crippen LogP contribution in [-0.4, -0.2) is 9.78 Å². The van der Waals surface area contributed by atoms with Gasteiger partial charge in [0.25, 0.3) is 0 Å². The lowest BCUT2D eigenvalue weighted by molar-refractivity contribution is 0.486. The number of hydrogen-bond donors (Lipinski definition) is 0. The molecule has 0 bridgehead atoms. The smallest absolute Gasteiger partial charge is 0.0527 e. The van der Waals surface area contributed by atoms with Crippen molar-refractivity contribution in [2.24, 2.45) is 5.92 Å². The predicted octanol–water partition coefficient (Wildman–Crippen LogP) is 3.23. The molecule has 1 rings (SSSR count). The van der Waals surface area contributed by atoms with E-state index >= 15 is 0 Å². The van der Waals surface area contributed by atoms with Gasteiger partial charge < -0.3 is 0 Å². The highest BCUT2D eigenvalue weighted by Gasteiger charge is 2.15. The molecule has 0 radical (unpaired) electrons. The summed E-state index contributed by atoms with van der Waals surface area (Å²) in [5.41, 5.74) is 1.54. The molecule has 0 atom stereocenters. The molecule has 0 aromatic carbocycles. The van der Waals surface area contributed by atoms with Crippen LogP contribution in [0.15, 0.2) is 12.4 Å². The first-order valence-corrected chi connectivity index (χ1v) is 5.42. The average molecular weight is 194 g/mol. The van der Waals surface area contributed by atoms with Gasteiger partial charge in [0.2, 0.25) is 0 Å². The normalized spacial score (nSPS) is 12.4. The second kappa shape index (κ2) is 4.16. The minimum absolute atomic E-state index is 0.218. The lowest BCUT2D eigenvalue weighted by Crippen LogP contribution is -2.09. The highest BCUT2D eigenvalue weighted by molar-refractivity contribution is 5.14. The molecule has 0 aliphatic heterocycles. The van der Waals surface area contributed by atoms with Gasteiger partial charge in [-0.3, -0.25) is 4.68 Å². The summed E-state index contributed by atoms with van der Waals surface area (Å²) in [6, 6.07) is 0. The molecule has 14 heavy (non-hydrogen) atoms. The van der Waals surface area contributed by atoms with E-state index in [-0.39, 0.29) is 5.41 Å². The Hall–Kier alpha value is -0.790. The van der Waals surface area contributed by atoms with Crippen LogP contribution in [0, 0.1) is 5.92 Å². The van der Waals surface area contributed by atoms with E-state index in [0.717, 1.165) is 12.5 Å². The monoisotopic (exact) mass is 194 g/mol. The zero-order chi connectivity index (χ0) is 10.8. The lowest BCUT2D eigenvalue weighted by Gasteiger charge is -2.15. The van der Waals surface area contributed by atoms with Gasteiger partial charge in [-0.2, -0.15) is 5.10 Å². The van der Waals surface area contributed by atoms with Crippen LogP contribution in [0.2, 0.25) is 0 Å². The van der Waals surface area contributed by atoms with Crippen molar-refractivity contribution in [3.63, 3.8) is 0 Å². The predicted molar refractivity (Wildman–Crippen MR) is 60.4 cm³/mol. The van der Waals surface area contributed by atoms with Gasteiger partial charge in [0.05, 0.1) is 6.20 Å². The van der Waals surface area contributed by atoms with E-state index in [4.69, 9.17) is 0 Å². The molecule has 0 aliphatic carbocycles. The molecule has 1 aromatic rings. The van der Waals surface area contributed by atoms with Gasteiger partial charge in [-0.25, -0.2) is 0 Å². The van der Waals surface area contributed by atoms with Crippen LogP contribution >= 0.6 is 0 Å². The SMILES string of the molecule is CC(C)CCn1cc(C(C)(C)C)cn1. The van der Waals surface area contributed by atoms with Crippen LogP contribution in [0.5, 0.6) is 0 Å². The molecular weight excluding hydrogens is 172 g/mol. The summed E-state index contributed by atoms with van der Waals surface area (Å²) in [5.74, 6) is 0.747. The molecule has 0 N–H and O–H groups in total. The molecule has 0 amide bonds. The van der Waals surface area contributed by atoms with Gasteiger partial charge in [0.1, 0.15) is 0 Å². The third-order valence-corrected chi connectivity index (χ3v) is 2.43. The number of hydrogen-bond acceptors (Lipinski definition) is 1. The number of aromatic nitrogens is 2. The first-order valence-electron chi connectivity index (χ1n) is 5.42. The van der Waals surface area contributed by atoms with Crippen molar-refractivity contribution >= 4 is 0 Å². The molecule has 0 saturated heterocycles. The Morgan fingerprint density at radius 1 is 1.36 bits per heavy atom. The van der Waals surface area contributed by atoms with E-state index in [2.05, 4.69) is 50.6 Å². The van der Waals surface area contributed by atoms with Gasteiger partial charge in [-0.15, -0.1) is 0 Å². The summed E-state index contributed by atoms with van der Waals surface area (Å²) in [6.45, 7) is 12.2. The highest BCUT2D eigenvalue weighted by Crippen LogP contribution is 2.21. The van der Waals surface area contributed by atoms with Crippen molar-refractivity contribution in [1.29, 1.82) is 0 Å². The van der Waals surface area contributed by atoms with E-state index in [0.29, 0.717) is 0 Å². The summed E-state index contributed by atoms with van der Waals surface area (Å²) in [5, 5.41) is 4.37. The van der Waals surface area contributed by atoms with Crippen molar-refractivity contribution in [3.8, 4) is 0 Å². The molecule has 0 saturated carbocycles. The summed E-state index contributed by atoms with van der Waals surface area (Å²) in [4.78, 5) is 0. The zero-order valence-electron chi connectivity index (χ0n) is 10.0. The standard InChI is InChI=1S/C12H22N2/c1-10(2)6-7-14-9-11(8-13-14)12(3,4)5/h8-10H,6-7H2,1-5H3. The fourth-order valence-electron chi connectivity index (χ4n) is 1.26. The van der Waals surface area contributed by atoms with Gasteiger partial charge in [-0.05, 0) is 23.3 Å². The van der Waals surface area contributed by atoms with Gasteiger partial charge in [-0.1, -0.05) is 34.6 Å². The van der Waals surface area contributed by atoms with Gasteiger partial charge in [0, 0.05) is 12.7 Å². The van der Waals surface area contributed by atoms with Gasteiger partial charge >= 0.3 is 0 Å². The Bertz CT molecular complexity index is 279.